The van der Waals surface area contributed by atoms with E-state index in [0.29, 0.717) is 0 Å². The highest BCUT2D eigenvalue weighted by atomic mass is 14.2. The summed E-state index contributed by atoms with van der Waals surface area (Å²) in [5.74, 6) is 0. The molecular formula is C48H32. The van der Waals surface area contributed by atoms with Crippen LogP contribution in [0.15, 0.2) is 194 Å². The maximum Gasteiger partial charge on any atom is -0.00201 e. The predicted octanol–water partition coefficient (Wildman–Crippen LogP) is 13.5. The zero-order chi connectivity index (χ0) is 31.9. The Bertz CT molecular complexity index is 2520. The van der Waals surface area contributed by atoms with Gasteiger partial charge in [0.25, 0.3) is 0 Å². The summed E-state index contributed by atoms with van der Waals surface area (Å²) in [5.41, 5.74) is 12.4. The largest absolute Gasteiger partial charge is 0.0622 e. The molecule has 0 aliphatic heterocycles. The van der Waals surface area contributed by atoms with Crippen molar-refractivity contribution in [2.45, 2.75) is 0 Å². The van der Waals surface area contributed by atoms with Gasteiger partial charge < -0.3 is 0 Å². The quantitative estimate of drug-likeness (QED) is 0.171. The van der Waals surface area contributed by atoms with Gasteiger partial charge in [-0.2, -0.15) is 0 Å². The first-order chi connectivity index (χ1) is 23.8. The molecule has 0 aliphatic rings. The minimum atomic E-state index is 1.21. The van der Waals surface area contributed by atoms with Crippen LogP contribution in [0.2, 0.25) is 0 Å². The lowest BCUT2D eigenvalue weighted by atomic mass is 9.83. The molecule has 0 radical (unpaired) electrons. The molecule has 0 atom stereocenters. The second-order valence-corrected chi connectivity index (χ2v) is 12.5. The third-order valence-electron chi connectivity index (χ3n) is 9.67. The average molecular weight is 609 g/mol. The number of hydrogen-bond donors (Lipinski definition) is 0. The normalized spacial score (nSPS) is 11.3. The molecule has 0 heteroatoms. The van der Waals surface area contributed by atoms with E-state index in [4.69, 9.17) is 0 Å². The van der Waals surface area contributed by atoms with Crippen LogP contribution in [0.1, 0.15) is 0 Å². The van der Waals surface area contributed by atoms with E-state index in [1.807, 2.05) is 0 Å². The summed E-state index contributed by atoms with van der Waals surface area (Å²) in [6.07, 6.45) is 0. The van der Waals surface area contributed by atoms with Crippen molar-refractivity contribution in [3.05, 3.63) is 194 Å². The van der Waals surface area contributed by atoms with Crippen molar-refractivity contribution in [3.8, 4) is 55.6 Å². The van der Waals surface area contributed by atoms with Crippen LogP contribution in [-0.2, 0) is 0 Å². The first-order valence-electron chi connectivity index (χ1n) is 16.6. The van der Waals surface area contributed by atoms with Gasteiger partial charge in [0.15, 0.2) is 0 Å². The van der Waals surface area contributed by atoms with Crippen molar-refractivity contribution >= 4 is 32.3 Å². The number of rotatable bonds is 5. The average Bonchev–Trinajstić information content (AvgIpc) is 3.17. The lowest BCUT2D eigenvalue weighted by molar-refractivity contribution is 1.58. The molecule has 9 aromatic carbocycles. The van der Waals surface area contributed by atoms with E-state index in [0.717, 1.165) is 0 Å². The van der Waals surface area contributed by atoms with Gasteiger partial charge in [0, 0.05) is 0 Å². The molecule has 0 heterocycles. The van der Waals surface area contributed by atoms with Gasteiger partial charge in [-0.15, -0.1) is 0 Å². The Morgan fingerprint density at radius 2 is 0.583 bits per heavy atom. The topological polar surface area (TPSA) is 0 Å². The second kappa shape index (κ2) is 11.8. The monoisotopic (exact) mass is 608 g/mol. The highest BCUT2D eigenvalue weighted by Gasteiger charge is 2.19. The van der Waals surface area contributed by atoms with Crippen LogP contribution < -0.4 is 0 Å². The van der Waals surface area contributed by atoms with Crippen molar-refractivity contribution in [2.24, 2.45) is 0 Å². The molecule has 48 heavy (non-hydrogen) atoms. The summed E-state index contributed by atoms with van der Waals surface area (Å²) in [4.78, 5) is 0. The minimum absolute atomic E-state index is 1.21. The Kier molecular flexibility index (Phi) is 6.91. The molecule has 0 aromatic heterocycles. The maximum absolute atomic E-state index is 2.36. The van der Waals surface area contributed by atoms with Crippen LogP contribution in [0.4, 0.5) is 0 Å². The molecule has 0 spiro atoms. The van der Waals surface area contributed by atoms with Crippen molar-refractivity contribution in [3.63, 3.8) is 0 Å². The molecule has 0 saturated carbocycles. The van der Waals surface area contributed by atoms with Crippen LogP contribution in [0, 0.1) is 0 Å². The Labute approximate surface area is 281 Å². The van der Waals surface area contributed by atoms with E-state index in [1.54, 1.807) is 0 Å². The molecule has 0 N–H and O–H groups in total. The van der Waals surface area contributed by atoms with E-state index in [2.05, 4.69) is 194 Å². The molecule has 0 fully saturated rings. The molecule has 0 amide bonds. The van der Waals surface area contributed by atoms with Gasteiger partial charge >= 0.3 is 0 Å². The van der Waals surface area contributed by atoms with E-state index in [-0.39, 0.29) is 0 Å². The molecule has 9 aromatic rings. The fourth-order valence-electron chi connectivity index (χ4n) is 7.37. The lowest BCUT2D eigenvalue weighted by Crippen LogP contribution is -1.93. The SMILES string of the molecule is c1ccc(-c2ccc(-c3ccccc3-c3c4ccccc4c(-c4ccc5cc(-c6ccccc6)ccc5c4)c4ccccc34)cc2)cc1. The molecule has 0 nitrogen and oxygen atoms in total. The Balaban J connectivity index is 1.23. The third-order valence-corrected chi connectivity index (χ3v) is 9.67. The Hall–Kier alpha value is -6.24. The van der Waals surface area contributed by atoms with Gasteiger partial charge in [-0.3, -0.25) is 0 Å². The van der Waals surface area contributed by atoms with Gasteiger partial charge in [0.2, 0.25) is 0 Å². The standard InChI is InChI=1S/C48H32/c1-3-13-33(14-4-1)35-23-25-36(26-24-35)41-17-7-8-18-42(41)48-45-21-11-9-19-43(45)47(44-20-10-12-22-46(44)48)40-30-29-38-31-37(27-28-39(38)32-40)34-15-5-2-6-16-34/h1-32H. The zero-order valence-corrected chi connectivity index (χ0v) is 26.5. The molecule has 0 unspecified atom stereocenters. The van der Waals surface area contributed by atoms with Crippen LogP contribution in [0.5, 0.6) is 0 Å². The van der Waals surface area contributed by atoms with Crippen molar-refractivity contribution < 1.29 is 0 Å². The summed E-state index contributed by atoms with van der Waals surface area (Å²) < 4.78 is 0. The first kappa shape index (κ1) is 28.0. The summed E-state index contributed by atoms with van der Waals surface area (Å²) in [6.45, 7) is 0. The van der Waals surface area contributed by atoms with Crippen LogP contribution in [0.3, 0.4) is 0 Å². The van der Waals surface area contributed by atoms with E-state index in [1.165, 1.54) is 88.0 Å². The number of fused-ring (bicyclic) bond motifs is 3. The lowest BCUT2D eigenvalue weighted by Gasteiger charge is -2.20. The van der Waals surface area contributed by atoms with Crippen molar-refractivity contribution in [1.29, 1.82) is 0 Å². The minimum Gasteiger partial charge on any atom is -0.0622 e. The predicted molar refractivity (Wildman–Crippen MR) is 206 cm³/mol. The van der Waals surface area contributed by atoms with Gasteiger partial charge in [-0.1, -0.05) is 182 Å². The summed E-state index contributed by atoms with van der Waals surface area (Å²) >= 11 is 0. The summed E-state index contributed by atoms with van der Waals surface area (Å²) in [7, 11) is 0. The van der Waals surface area contributed by atoms with Crippen LogP contribution in [0.25, 0.3) is 88.0 Å². The van der Waals surface area contributed by atoms with Crippen LogP contribution >= 0.6 is 0 Å². The Morgan fingerprint density at radius 3 is 1.17 bits per heavy atom. The fraction of sp³-hybridized carbons (Fsp3) is 0. The number of hydrogen-bond acceptors (Lipinski definition) is 0. The van der Waals surface area contributed by atoms with Crippen molar-refractivity contribution in [2.75, 3.05) is 0 Å². The van der Waals surface area contributed by atoms with Crippen LogP contribution in [-0.4, -0.2) is 0 Å². The highest BCUT2D eigenvalue weighted by molar-refractivity contribution is 6.22. The second-order valence-electron chi connectivity index (χ2n) is 12.5. The third kappa shape index (κ3) is 4.87. The van der Waals surface area contributed by atoms with Crippen molar-refractivity contribution in [1.82, 2.24) is 0 Å². The van der Waals surface area contributed by atoms with Gasteiger partial charge in [0.1, 0.15) is 0 Å². The smallest absolute Gasteiger partial charge is 0.00201 e. The molecule has 0 aliphatic carbocycles. The van der Waals surface area contributed by atoms with Gasteiger partial charge in [0.05, 0.1) is 0 Å². The molecular weight excluding hydrogens is 577 g/mol. The molecule has 9 rings (SSSR count). The number of benzene rings is 9. The molecule has 0 bridgehead atoms. The molecule has 0 saturated heterocycles. The summed E-state index contributed by atoms with van der Waals surface area (Å²) in [6, 6.07) is 70.7. The van der Waals surface area contributed by atoms with Gasteiger partial charge in [-0.25, -0.2) is 0 Å². The first-order valence-corrected chi connectivity index (χ1v) is 16.6. The van der Waals surface area contributed by atoms with Gasteiger partial charge in [-0.05, 0) is 100 Å². The zero-order valence-electron chi connectivity index (χ0n) is 26.5. The Morgan fingerprint density at radius 1 is 0.208 bits per heavy atom. The van der Waals surface area contributed by atoms with E-state index < -0.39 is 0 Å². The maximum atomic E-state index is 2.36. The summed E-state index contributed by atoms with van der Waals surface area (Å²) in [5, 5.41) is 7.55. The fourth-order valence-corrected chi connectivity index (χ4v) is 7.37. The molecule has 224 valence electrons. The highest BCUT2D eigenvalue weighted by Crippen LogP contribution is 2.46. The van der Waals surface area contributed by atoms with E-state index in [9.17, 15) is 0 Å². The van der Waals surface area contributed by atoms with E-state index >= 15 is 0 Å².